The second kappa shape index (κ2) is 9.00. The lowest BCUT2D eigenvalue weighted by molar-refractivity contribution is -0.923. The normalized spacial score (nSPS) is 15.5. The molecule has 0 heterocycles. The molecule has 0 amide bonds. The van der Waals surface area contributed by atoms with Crippen molar-refractivity contribution in [2.75, 3.05) is 26.2 Å². The van der Waals surface area contributed by atoms with Gasteiger partial charge in [0, 0.05) is 6.04 Å². The van der Waals surface area contributed by atoms with Crippen molar-refractivity contribution in [3.63, 3.8) is 0 Å². The highest BCUT2D eigenvalue weighted by molar-refractivity contribution is 7.90. The van der Waals surface area contributed by atoms with Crippen LogP contribution in [-0.4, -0.2) is 49.9 Å². The number of nitrogens with one attached hydrogen (secondary N) is 1. The zero-order valence-corrected chi connectivity index (χ0v) is 18.5. The summed E-state index contributed by atoms with van der Waals surface area (Å²) < 4.78 is 28.8. The Morgan fingerprint density at radius 3 is 1.79 bits per heavy atom. The topological polar surface area (TPSA) is 46.2 Å². The second-order valence-electron chi connectivity index (χ2n) is 9.18. The van der Waals surface area contributed by atoms with Crippen LogP contribution in [0.15, 0.2) is 0 Å². The minimum absolute atomic E-state index is 0.0120. The Morgan fingerprint density at radius 2 is 1.42 bits per heavy atom. The van der Waals surface area contributed by atoms with E-state index in [9.17, 15) is 8.42 Å². The van der Waals surface area contributed by atoms with Gasteiger partial charge in [-0.1, -0.05) is 20.8 Å². The van der Waals surface area contributed by atoms with Gasteiger partial charge in [0.2, 0.25) is 10.0 Å². The van der Waals surface area contributed by atoms with E-state index in [0.717, 1.165) is 43.5 Å². The Morgan fingerprint density at radius 1 is 0.958 bits per heavy atom. The maximum atomic E-state index is 12.8. The average molecular weight is 364 g/mol. The summed E-state index contributed by atoms with van der Waals surface area (Å²) in [6, 6.07) is -0.0123. The molecule has 0 aliphatic heterocycles. The minimum atomic E-state index is -3.33. The Kier molecular flexibility index (Phi) is 8.95. The third-order valence-electron chi connectivity index (χ3n) is 5.32. The minimum Gasteiger partial charge on any atom is -0.324 e. The molecule has 0 saturated carbocycles. The number of quaternary nitrogens is 1. The maximum Gasteiger partial charge on any atom is 0.217 e. The molecule has 0 aliphatic rings. The molecule has 24 heavy (non-hydrogen) atoms. The average Bonchev–Trinajstić information content (AvgIpc) is 2.41. The van der Waals surface area contributed by atoms with E-state index in [4.69, 9.17) is 0 Å². The largest absolute Gasteiger partial charge is 0.324 e. The van der Waals surface area contributed by atoms with Crippen LogP contribution in [0.25, 0.3) is 0 Å². The number of hydrogen-bond acceptors (Lipinski definition) is 2. The van der Waals surface area contributed by atoms with Crippen molar-refractivity contribution in [3.05, 3.63) is 0 Å². The summed E-state index contributed by atoms with van der Waals surface area (Å²) in [7, 11) is -3.33. The van der Waals surface area contributed by atoms with Gasteiger partial charge in [0.05, 0.1) is 30.9 Å². The predicted octanol–water partition coefficient (Wildman–Crippen LogP) is 4.17. The number of rotatable bonds is 11. The molecule has 1 unspecified atom stereocenters. The number of nitrogens with zero attached hydrogens (tertiary/aromatic N) is 1. The molecule has 0 aliphatic carbocycles. The molecule has 146 valence electrons. The van der Waals surface area contributed by atoms with Gasteiger partial charge in [0.1, 0.15) is 0 Å². The van der Waals surface area contributed by atoms with Crippen molar-refractivity contribution < 1.29 is 12.9 Å². The Balaban J connectivity index is 4.68. The van der Waals surface area contributed by atoms with Gasteiger partial charge in [0.25, 0.3) is 0 Å². The molecular weight excluding hydrogens is 320 g/mol. The van der Waals surface area contributed by atoms with Crippen LogP contribution in [-0.2, 0) is 10.0 Å². The monoisotopic (exact) mass is 363 g/mol. The van der Waals surface area contributed by atoms with Crippen LogP contribution in [0.1, 0.15) is 81.6 Å². The summed E-state index contributed by atoms with van der Waals surface area (Å²) in [5, 5.41) is 0. The van der Waals surface area contributed by atoms with E-state index in [1.807, 2.05) is 20.8 Å². The summed E-state index contributed by atoms with van der Waals surface area (Å²) in [5.41, 5.74) is -0.0120. The maximum absolute atomic E-state index is 12.8. The lowest BCUT2D eigenvalue weighted by atomic mass is 9.86. The summed E-state index contributed by atoms with van der Waals surface area (Å²) in [6.07, 6.45) is 2.59. The molecule has 0 spiro atoms. The quantitative estimate of drug-likeness (QED) is 0.560. The second-order valence-corrected chi connectivity index (χ2v) is 11.5. The zero-order chi connectivity index (χ0) is 19.2. The first-order valence-corrected chi connectivity index (χ1v) is 11.1. The van der Waals surface area contributed by atoms with Gasteiger partial charge < -0.3 is 4.48 Å². The molecule has 0 aromatic heterocycles. The highest BCUT2D eigenvalue weighted by atomic mass is 32.2. The van der Waals surface area contributed by atoms with Gasteiger partial charge >= 0.3 is 0 Å². The molecule has 0 aromatic rings. The van der Waals surface area contributed by atoms with Crippen molar-refractivity contribution in [3.8, 4) is 0 Å². The summed E-state index contributed by atoms with van der Waals surface area (Å²) in [6.45, 7) is 23.2. The van der Waals surface area contributed by atoms with Gasteiger partial charge in [-0.15, -0.1) is 0 Å². The zero-order valence-electron chi connectivity index (χ0n) is 17.7. The molecule has 0 aromatic carbocycles. The third-order valence-corrected chi connectivity index (χ3v) is 7.63. The van der Waals surface area contributed by atoms with E-state index in [1.54, 1.807) is 0 Å². The molecule has 4 nitrogen and oxygen atoms in total. The van der Waals surface area contributed by atoms with Gasteiger partial charge in [0.15, 0.2) is 0 Å². The molecule has 0 radical (unpaired) electrons. The van der Waals surface area contributed by atoms with Crippen LogP contribution in [0, 0.1) is 5.41 Å². The van der Waals surface area contributed by atoms with Gasteiger partial charge in [-0.3, -0.25) is 0 Å². The van der Waals surface area contributed by atoms with Crippen LogP contribution < -0.4 is 4.72 Å². The molecule has 1 atom stereocenters. The van der Waals surface area contributed by atoms with E-state index in [2.05, 4.69) is 46.3 Å². The molecule has 1 N–H and O–H groups in total. The first-order valence-electron chi connectivity index (χ1n) is 9.61. The summed E-state index contributed by atoms with van der Waals surface area (Å²) in [5.74, 6) is 0. The Hall–Kier alpha value is -0.130. The van der Waals surface area contributed by atoms with Crippen molar-refractivity contribution in [2.24, 2.45) is 5.41 Å². The molecule has 0 rings (SSSR count). The van der Waals surface area contributed by atoms with Crippen LogP contribution in [0.3, 0.4) is 0 Å². The first-order chi connectivity index (χ1) is 10.7. The standard InChI is InChI=1S/C19H43N2O2S/c1-10-21(11-2,12-3)15-13-14-17(4)20-24(22,23)19(8,9)16-18(5,6)7/h17,20H,10-16H2,1-9H3/q+1. The van der Waals surface area contributed by atoms with Gasteiger partial charge in [-0.05, 0) is 66.2 Å². The fraction of sp³-hybridized carbons (Fsp3) is 1.00. The fourth-order valence-corrected chi connectivity index (χ4v) is 5.32. The van der Waals surface area contributed by atoms with E-state index in [-0.39, 0.29) is 11.5 Å². The lowest BCUT2D eigenvalue weighted by Gasteiger charge is -2.36. The lowest BCUT2D eigenvalue weighted by Crippen LogP contribution is -2.49. The van der Waals surface area contributed by atoms with Crippen molar-refractivity contribution >= 4 is 10.0 Å². The molecule has 5 heteroatoms. The summed E-state index contributed by atoms with van der Waals surface area (Å²) >= 11 is 0. The Bertz CT molecular complexity index is 452. The number of hydrogen-bond donors (Lipinski definition) is 1. The highest BCUT2D eigenvalue weighted by Crippen LogP contribution is 2.32. The van der Waals surface area contributed by atoms with Crippen LogP contribution >= 0.6 is 0 Å². The highest BCUT2D eigenvalue weighted by Gasteiger charge is 2.38. The molecule has 0 saturated heterocycles. The van der Waals surface area contributed by atoms with Crippen molar-refractivity contribution in [2.45, 2.75) is 92.4 Å². The molecule has 0 fully saturated rings. The Labute approximate surface area is 152 Å². The fourth-order valence-electron chi connectivity index (χ4n) is 3.73. The summed E-state index contributed by atoms with van der Waals surface area (Å²) in [4.78, 5) is 0. The SMILES string of the molecule is CC[N+](CC)(CC)CCCC(C)NS(=O)(=O)C(C)(C)CC(C)(C)C. The van der Waals surface area contributed by atoms with E-state index in [0.29, 0.717) is 6.42 Å². The first kappa shape index (κ1) is 23.9. The van der Waals surface area contributed by atoms with Crippen LogP contribution in [0.2, 0.25) is 0 Å². The van der Waals surface area contributed by atoms with Gasteiger partial charge in [-0.25, -0.2) is 13.1 Å². The van der Waals surface area contributed by atoms with E-state index < -0.39 is 14.8 Å². The predicted molar refractivity (Wildman–Crippen MR) is 106 cm³/mol. The van der Waals surface area contributed by atoms with Crippen LogP contribution in [0.4, 0.5) is 0 Å². The molecular formula is C19H43N2O2S+. The van der Waals surface area contributed by atoms with Crippen molar-refractivity contribution in [1.29, 1.82) is 0 Å². The van der Waals surface area contributed by atoms with Crippen molar-refractivity contribution in [1.82, 2.24) is 4.72 Å². The smallest absolute Gasteiger partial charge is 0.217 e. The van der Waals surface area contributed by atoms with E-state index >= 15 is 0 Å². The number of sulfonamides is 1. The van der Waals surface area contributed by atoms with Crippen LogP contribution in [0.5, 0.6) is 0 Å². The third kappa shape index (κ3) is 7.40. The van der Waals surface area contributed by atoms with Gasteiger partial charge in [-0.2, -0.15) is 0 Å². The van der Waals surface area contributed by atoms with E-state index in [1.165, 1.54) is 0 Å². The molecule has 0 bridgehead atoms.